The molecule has 0 aliphatic carbocycles. The Morgan fingerprint density at radius 2 is 1.72 bits per heavy atom. The summed E-state index contributed by atoms with van der Waals surface area (Å²) in [6, 6.07) is 16.6. The number of methoxy groups -OCH3 is 1. The molecular weight excluding hydrogens is 246 g/mol. The van der Waals surface area contributed by atoms with Gasteiger partial charge >= 0.3 is 0 Å². The molecule has 0 saturated carbocycles. The van der Waals surface area contributed by atoms with Crippen molar-refractivity contribution in [2.24, 2.45) is 4.40 Å². The van der Waals surface area contributed by atoms with Crippen molar-refractivity contribution < 1.29 is 8.95 Å². The van der Waals surface area contributed by atoms with Crippen molar-refractivity contribution in [1.82, 2.24) is 0 Å². The minimum Gasteiger partial charge on any atom is -0.497 e. The van der Waals surface area contributed by atoms with E-state index in [0.29, 0.717) is 4.90 Å². The highest BCUT2D eigenvalue weighted by Gasteiger charge is 1.98. The fourth-order valence-corrected chi connectivity index (χ4v) is 2.13. The molecule has 0 N–H and O–H groups in total. The molecular formula is C14H13NO2S. The van der Waals surface area contributed by atoms with Gasteiger partial charge in [0.2, 0.25) is 0 Å². The van der Waals surface area contributed by atoms with Gasteiger partial charge in [0.25, 0.3) is 0 Å². The lowest BCUT2D eigenvalue weighted by Crippen LogP contribution is -1.89. The Morgan fingerprint density at radius 3 is 2.33 bits per heavy atom. The zero-order valence-corrected chi connectivity index (χ0v) is 10.8. The Kier molecular flexibility index (Phi) is 4.25. The number of nitrogens with zero attached hydrogens (tertiary/aromatic N) is 1. The molecule has 0 aromatic heterocycles. The molecule has 0 aliphatic heterocycles. The summed E-state index contributed by atoms with van der Waals surface area (Å²) in [6.07, 6.45) is 1.60. The Hall–Kier alpha value is -1.94. The largest absolute Gasteiger partial charge is 0.497 e. The second kappa shape index (κ2) is 6.12. The maximum Gasteiger partial charge on any atom is 0.172 e. The van der Waals surface area contributed by atoms with Crippen LogP contribution in [-0.2, 0) is 11.0 Å². The van der Waals surface area contributed by atoms with Crippen LogP contribution in [0.1, 0.15) is 5.56 Å². The predicted molar refractivity (Wildman–Crippen MR) is 73.4 cm³/mol. The molecule has 0 saturated heterocycles. The van der Waals surface area contributed by atoms with Crippen molar-refractivity contribution in [2.75, 3.05) is 7.11 Å². The summed E-state index contributed by atoms with van der Waals surface area (Å²) in [4.78, 5) is 0.697. The molecule has 1 atom stereocenters. The van der Waals surface area contributed by atoms with Gasteiger partial charge in [-0.05, 0) is 42.0 Å². The van der Waals surface area contributed by atoms with Crippen LogP contribution in [0.25, 0.3) is 0 Å². The van der Waals surface area contributed by atoms with Gasteiger partial charge in [-0.15, -0.1) is 0 Å². The predicted octanol–water partition coefficient (Wildman–Crippen LogP) is 2.84. The first-order valence-electron chi connectivity index (χ1n) is 5.44. The molecule has 2 rings (SSSR count). The monoisotopic (exact) mass is 259 g/mol. The van der Waals surface area contributed by atoms with Gasteiger partial charge in [-0.2, -0.15) is 4.40 Å². The van der Waals surface area contributed by atoms with E-state index in [0.717, 1.165) is 11.3 Å². The van der Waals surface area contributed by atoms with Gasteiger partial charge in [-0.25, -0.2) is 4.21 Å². The summed E-state index contributed by atoms with van der Waals surface area (Å²) in [5.41, 5.74) is 0.889. The van der Waals surface area contributed by atoms with Crippen LogP contribution in [0.5, 0.6) is 5.75 Å². The first kappa shape index (κ1) is 12.5. The summed E-state index contributed by atoms with van der Waals surface area (Å²) in [5.74, 6) is 0.788. The summed E-state index contributed by atoms with van der Waals surface area (Å²) in [5, 5.41) is 0. The average Bonchev–Trinajstić information content (AvgIpc) is 2.46. The van der Waals surface area contributed by atoms with E-state index in [-0.39, 0.29) is 0 Å². The van der Waals surface area contributed by atoms with Gasteiger partial charge in [0.05, 0.1) is 12.0 Å². The van der Waals surface area contributed by atoms with E-state index in [4.69, 9.17) is 4.74 Å². The van der Waals surface area contributed by atoms with Gasteiger partial charge in [0, 0.05) is 6.21 Å². The first-order valence-corrected chi connectivity index (χ1v) is 6.55. The minimum absolute atomic E-state index is 0.697. The van der Waals surface area contributed by atoms with Crippen LogP contribution in [0.4, 0.5) is 0 Å². The van der Waals surface area contributed by atoms with Gasteiger partial charge in [0.1, 0.15) is 5.75 Å². The van der Waals surface area contributed by atoms with E-state index in [2.05, 4.69) is 4.40 Å². The molecule has 0 heterocycles. The van der Waals surface area contributed by atoms with Crippen molar-refractivity contribution >= 4 is 17.2 Å². The Bertz CT molecular complexity index is 550. The standard InChI is InChI=1S/C14H13NO2S/c1-17-13-9-7-12(8-10-13)11-15-18(16)14-5-3-2-4-6-14/h2-11H,1H3/b15-11+/t18-/m1/s1. The van der Waals surface area contributed by atoms with Crippen LogP contribution in [0, 0.1) is 0 Å². The van der Waals surface area contributed by atoms with Crippen LogP contribution < -0.4 is 4.74 Å². The van der Waals surface area contributed by atoms with Crippen molar-refractivity contribution in [3.63, 3.8) is 0 Å². The third-order valence-corrected chi connectivity index (χ3v) is 3.33. The summed E-state index contributed by atoms with van der Waals surface area (Å²) in [7, 11) is 0.266. The third-order valence-electron chi connectivity index (χ3n) is 2.36. The van der Waals surface area contributed by atoms with Gasteiger partial charge in [-0.1, -0.05) is 18.2 Å². The average molecular weight is 259 g/mol. The molecule has 2 aromatic rings. The highest BCUT2D eigenvalue weighted by Crippen LogP contribution is 2.11. The molecule has 0 fully saturated rings. The van der Waals surface area contributed by atoms with Crippen molar-refractivity contribution in [3.05, 3.63) is 60.2 Å². The topological polar surface area (TPSA) is 38.7 Å². The summed E-state index contributed by atoms with van der Waals surface area (Å²) < 4.78 is 20.9. The Balaban J connectivity index is 2.08. The Morgan fingerprint density at radius 1 is 1.06 bits per heavy atom. The lowest BCUT2D eigenvalue weighted by molar-refractivity contribution is 0.415. The molecule has 0 unspecified atom stereocenters. The zero-order chi connectivity index (χ0) is 12.8. The van der Waals surface area contributed by atoms with Crippen LogP contribution in [-0.4, -0.2) is 17.5 Å². The molecule has 3 nitrogen and oxygen atoms in total. The van der Waals surface area contributed by atoms with Crippen molar-refractivity contribution in [2.45, 2.75) is 4.90 Å². The smallest absolute Gasteiger partial charge is 0.172 e. The highest BCUT2D eigenvalue weighted by molar-refractivity contribution is 7.83. The highest BCUT2D eigenvalue weighted by atomic mass is 32.2. The Labute approximate surface area is 109 Å². The lowest BCUT2D eigenvalue weighted by atomic mass is 10.2. The second-order valence-corrected chi connectivity index (χ2v) is 4.75. The normalized spacial score (nSPS) is 12.5. The summed E-state index contributed by atoms with van der Waals surface area (Å²) >= 11 is 0. The molecule has 4 heteroatoms. The minimum atomic E-state index is -1.35. The molecule has 0 amide bonds. The number of ether oxygens (including phenoxy) is 1. The molecule has 0 aliphatic rings. The molecule has 18 heavy (non-hydrogen) atoms. The van der Waals surface area contributed by atoms with Gasteiger partial charge in [-0.3, -0.25) is 0 Å². The zero-order valence-electron chi connectivity index (χ0n) is 9.95. The third kappa shape index (κ3) is 3.28. The number of hydrogen-bond acceptors (Lipinski definition) is 2. The van der Waals surface area contributed by atoms with E-state index >= 15 is 0 Å². The van der Waals surface area contributed by atoms with Gasteiger partial charge < -0.3 is 4.74 Å². The van der Waals surface area contributed by atoms with E-state index in [1.54, 1.807) is 25.5 Å². The SMILES string of the molecule is COc1ccc(/C=N/[S@](=O)c2ccccc2)cc1. The molecule has 0 spiro atoms. The number of rotatable bonds is 4. The van der Waals surface area contributed by atoms with Crippen LogP contribution in [0.3, 0.4) is 0 Å². The van der Waals surface area contributed by atoms with Crippen LogP contribution >= 0.6 is 0 Å². The van der Waals surface area contributed by atoms with E-state index < -0.39 is 11.0 Å². The second-order valence-electron chi connectivity index (χ2n) is 3.57. The summed E-state index contributed by atoms with van der Waals surface area (Å²) in [6.45, 7) is 0. The fourth-order valence-electron chi connectivity index (χ4n) is 1.40. The van der Waals surface area contributed by atoms with Crippen LogP contribution in [0.2, 0.25) is 0 Å². The maximum atomic E-state index is 11.8. The van der Waals surface area contributed by atoms with Crippen molar-refractivity contribution in [3.8, 4) is 5.75 Å². The fraction of sp³-hybridized carbons (Fsp3) is 0.0714. The lowest BCUT2D eigenvalue weighted by Gasteiger charge is -1.99. The quantitative estimate of drug-likeness (QED) is 0.792. The van der Waals surface area contributed by atoms with E-state index in [1.807, 2.05) is 42.5 Å². The van der Waals surface area contributed by atoms with Gasteiger partial charge in [0.15, 0.2) is 11.0 Å². The first-order chi connectivity index (χ1) is 8.79. The van der Waals surface area contributed by atoms with E-state index in [1.165, 1.54) is 0 Å². The molecule has 2 aromatic carbocycles. The maximum absolute atomic E-state index is 11.8. The van der Waals surface area contributed by atoms with E-state index in [9.17, 15) is 4.21 Å². The molecule has 92 valence electrons. The molecule has 0 bridgehead atoms. The number of benzene rings is 2. The van der Waals surface area contributed by atoms with Crippen LogP contribution in [0.15, 0.2) is 63.9 Å². The van der Waals surface area contributed by atoms with Crippen molar-refractivity contribution in [1.29, 1.82) is 0 Å². The molecule has 0 radical (unpaired) electrons. The number of hydrogen-bond donors (Lipinski definition) is 0.